The van der Waals surface area contributed by atoms with Gasteiger partial charge in [-0.05, 0) is 30.5 Å². The number of hydrogen-bond acceptors (Lipinski definition) is 3. The predicted octanol–water partition coefficient (Wildman–Crippen LogP) is 1.98. The van der Waals surface area contributed by atoms with Crippen molar-refractivity contribution in [1.29, 1.82) is 0 Å². The first-order valence-corrected chi connectivity index (χ1v) is 8.90. The fourth-order valence-corrected chi connectivity index (χ4v) is 3.46. The smallest absolute Gasteiger partial charge is 0.227 e. The van der Waals surface area contributed by atoms with Crippen LogP contribution in [-0.4, -0.2) is 61.0 Å². The van der Waals surface area contributed by atoms with E-state index in [1.807, 2.05) is 21.9 Å². The van der Waals surface area contributed by atoms with Gasteiger partial charge in [-0.25, -0.2) is 0 Å². The zero-order chi connectivity index (χ0) is 16.9. The molecule has 2 fully saturated rings. The highest BCUT2D eigenvalue weighted by molar-refractivity contribution is 6.30. The minimum atomic E-state index is -0.0778. The Morgan fingerprint density at radius 2 is 1.79 bits per heavy atom. The van der Waals surface area contributed by atoms with E-state index in [2.05, 4.69) is 0 Å². The lowest BCUT2D eigenvalue weighted by Crippen LogP contribution is -2.49. The molecule has 1 atom stereocenters. The van der Waals surface area contributed by atoms with Crippen LogP contribution in [0, 0.1) is 5.92 Å². The number of nitrogens with zero attached hydrogens (tertiary/aromatic N) is 2. The number of morpholine rings is 1. The van der Waals surface area contributed by atoms with Gasteiger partial charge in [-0.3, -0.25) is 9.59 Å². The molecule has 0 spiro atoms. The zero-order valence-electron chi connectivity index (χ0n) is 13.7. The Bertz CT molecular complexity index is 584. The van der Waals surface area contributed by atoms with Gasteiger partial charge in [-0.15, -0.1) is 0 Å². The van der Waals surface area contributed by atoms with Crippen molar-refractivity contribution in [2.24, 2.45) is 5.92 Å². The molecule has 2 aliphatic rings. The van der Waals surface area contributed by atoms with Crippen LogP contribution in [-0.2, 0) is 20.7 Å². The van der Waals surface area contributed by atoms with Crippen molar-refractivity contribution in [2.45, 2.75) is 19.3 Å². The Balaban J connectivity index is 1.57. The molecule has 2 heterocycles. The van der Waals surface area contributed by atoms with Gasteiger partial charge in [0.05, 0.1) is 25.6 Å². The Hall–Kier alpha value is -1.59. The van der Waals surface area contributed by atoms with Crippen LogP contribution in [0.25, 0.3) is 0 Å². The molecule has 0 radical (unpaired) electrons. The summed E-state index contributed by atoms with van der Waals surface area (Å²) in [5.41, 5.74) is 0.950. The molecule has 2 amide bonds. The topological polar surface area (TPSA) is 49.9 Å². The van der Waals surface area contributed by atoms with Crippen molar-refractivity contribution >= 4 is 23.4 Å². The van der Waals surface area contributed by atoms with Crippen LogP contribution in [0.4, 0.5) is 0 Å². The number of amides is 2. The van der Waals surface area contributed by atoms with Crippen LogP contribution in [0.2, 0.25) is 5.02 Å². The summed E-state index contributed by atoms with van der Waals surface area (Å²) in [7, 11) is 0. The van der Waals surface area contributed by atoms with Crippen molar-refractivity contribution < 1.29 is 14.3 Å². The molecule has 24 heavy (non-hydrogen) atoms. The van der Waals surface area contributed by atoms with E-state index in [0.717, 1.165) is 24.9 Å². The SMILES string of the molecule is O=C(Cc1ccc(Cl)cc1)N1CCCC(C(=O)N2CCOCC2)C1. The third kappa shape index (κ3) is 4.28. The van der Waals surface area contributed by atoms with E-state index in [1.165, 1.54) is 0 Å². The summed E-state index contributed by atoms with van der Waals surface area (Å²) in [6.07, 6.45) is 2.10. The molecule has 0 saturated carbocycles. The lowest BCUT2D eigenvalue weighted by Gasteiger charge is -2.36. The standard InChI is InChI=1S/C18H23ClN2O3/c19-16-5-3-14(4-6-16)12-17(22)21-7-1-2-15(13-21)18(23)20-8-10-24-11-9-20/h3-6,15H,1-2,7-13H2. The second-order valence-corrected chi connectivity index (χ2v) is 6.86. The Morgan fingerprint density at radius 3 is 2.50 bits per heavy atom. The molecule has 1 aromatic rings. The van der Waals surface area contributed by atoms with E-state index in [-0.39, 0.29) is 17.7 Å². The number of hydrogen-bond donors (Lipinski definition) is 0. The third-order valence-corrected chi connectivity index (χ3v) is 4.97. The minimum Gasteiger partial charge on any atom is -0.378 e. The molecule has 0 aromatic heterocycles. The molecule has 0 N–H and O–H groups in total. The van der Waals surface area contributed by atoms with Crippen LogP contribution < -0.4 is 0 Å². The van der Waals surface area contributed by atoms with E-state index >= 15 is 0 Å². The van der Waals surface area contributed by atoms with Gasteiger partial charge in [0.15, 0.2) is 0 Å². The highest BCUT2D eigenvalue weighted by atomic mass is 35.5. The molecule has 6 heteroatoms. The summed E-state index contributed by atoms with van der Waals surface area (Å²) in [4.78, 5) is 28.9. The highest BCUT2D eigenvalue weighted by Gasteiger charge is 2.31. The average molecular weight is 351 g/mol. The van der Waals surface area contributed by atoms with Crippen molar-refractivity contribution in [3.8, 4) is 0 Å². The van der Waals surface area contributed by atoms with E-state index in [4.69, 9.17) is 16.3 Å². The maximum Gasteiger partial charge on any atom is 0.227 e. The summed E-state index contributed by atoms with van der Waals surface area (Å²) in [5.74, 6) is 0.171. The average Bonchev–Trinajstić information content (AvgIpc) is 2.64. The van der Waals surface area contributed by atoms with Gasteiger partial charge in [-0.1, -0.05) is 23.7 Å². The first kappa shape index (κ1) is 17.2. The van der Waals surface area contributed by atoms with Gasteiger partial charge in [-0.2, -0.15) is 0 Å². The second kappa shape index (κ2) is 7.99. The number of benzene rings is 1. The van der Waals surface area contributed by atoms with Gasteiger partial charge >= 0.3 is 0 Å². The molecule has 130 valence electrons. The normalized spacial score (nSPS) is 21.6. The number of carbonyl (C=O) groups excluding carboxylic acids is 2. The summed E-state index contributed by atoms with van der Waals surface area (Å²) < 4.78 is 5.30. The molecular formula is C18H23ClN2O3. The van der Waals surface area contributed by atoms with Gasteiger partial charge < -0.3 is 14.5 Å². The maximum atomic E-state index is 12.6. The lowest BCUT2D eigenvalue weighted by molar-refractivity contribution is -0.143. The predicted molar refractivity (Wildman–Crippen MR) is 91.9 cm³/mol. The number of rotatable bonds is 3. The van der Waals surface area contributed by atoms with E-state index in [9.17, 15) is 9.59 Å². The summed E-state index contributed by atoms with van der Waals surface area (Å²) >= 11 is 5.88. The van der Waals surface area contributed by atoms with Crippen molar-refractivity contribution in [1.82, 2.24) is 9.80 Å². The molecule has 5 nitrogen and oxygen atoms in total. The van der Waals surface area contributed by atoms with E-state index in [0.29, 0.717) is 44.3 Å². The number of carbonyl (C=O) groups is 2. The van der Waals surface area contributed by atoms with Crippen LogP contribution in [0.1, 0.15) is 18.4 Å². The largest absolute Gasteiger partial charge is 0.378 e. The van der Waals surface area contributed by atoms with Crippen LogP contribution in [0.3, 0.4) is 0 Å². The summed E-state index contributed by atoms with van der Waals surface area (Å²) in [6, 6.07) is 7.34. The number of piperidine rings is 1. The Morgan fingerprint density at radius 1 is 1.08 bits per heavy atom. The first-order valence-electron chi connectivity index (χ1n) is 8.52. The molecule has 1 unspecified atom stereocenters. The molecule has 0 bridgehead atoms. The molecule has 2 aliphatic heterocycles. The van der Waals surface area contributed by atoms with E-state index < -0.39 is 0 Å². The minimum absolute atomic E-state index is 0.0778. The first-order chi connectivity index (χ1) is 11.6. The lowest BCUT2D eigenvalue weighted by atomic mass is 9.95. The van der Waals surface area contributed by atoms with E-state index in [1.54, 1.807) is 12.1 Å². The van der Waals surface area contributed by atoms with Gasteiger partial charge in [0.2, 0.25) is 11.8 Å². The third-order valence-electron chi connectivity index (χ3n) is 4.71. The van der Waals surface area contributed by atoms with Crippen LogP contribution in [0.15, 0.2) is 24.3 Å². The van der Waals surface area contributed by atoms with Crippen molar-refractivity contribution in [2.75, 3.05) is 39.4 Å². The molecule has 2 saturated heterocycles. The Kier molecular flexibility index (Phi) is 5.74. The van der Waals surface area contributed by atoms with Gasteiger partial charge in [0, 0.05) is 31.2 Å². The summed E-state index contributed by atoms with van der Waals surface area (Å²) in [5, 5.41) is 0.667. The van der Waals surface area contributed by atoms with Gasteiger partial charge in [0.25, 0.3) is 0 Å². The van der Waals surface area contributed by atoms with Crippen molar-refractivity contribution in [3.05, 3.63) is 34.9 Å². The monoisotopic (exact) mass is 350 g/mol. The molecule has 3 rings (SSSR count). The molecule has 0 aliphatic carbocycles. The highest BCUT2D eigenvalue weighted by Crippen LogP contribution is 2.21. The van der Waals surface area contributed by atoms with Crippen LogP contribution >= 0.6 is 11.6 Å². The quantitative estimate of drug-likeness (QED) is 0.837. The van der Waals surface area contributed by atoms with Gasteiger partial charge in [0.1, 0.15) is 0 Å². The number of likely N-dealkylation sites (tertiary alicyclic amines) is 1. The fraction of sp³-hybridized carbons (Fsp3) is 0.556. The van der Waals surface area contributed by atoms with Crippen LogP contribution in [0.5, 0.6) is 0 Å². The molecule has 1 aromatic carbocycles. The number of halogens is 1. The molecular weight excluding hydrogens is 328 g/mol. The van der Waals surface area contributed by atoms with Crippen molar-refractivity contribution in [3.63, 3.8) is 0 Å². The summed E-state index contributed by atoms with van der Waals surface area (Å²) in [6.45, 7) is 3.80. The fourth-order valence-electron chi connectivity index (χ4n) is 3.34. The maximum absolute atomic E-state index is 12.6. The second-order valence-electron chi connectivity index (χ2n) is 6.42. The zero-order valence-corrected chi connectivity index (χ0v) is 14.5. The number of ether oxygens (including phenoxy) is 1. The Labute approximate surface area is 147 Å².